The van der Waals surface area contributed by atoms with E-state index in [2.05, 4.69) is 22.0 Å². The fraction of sp³-hybridized carbons (Fsp3) is 0.0435. The van der Waals surface area contributed by atoms with Gasteiger partial charge in [0.1, 0.15) is 23.1 Å². The smallest absolute Gasteiger partial charge is 0.343 e. The molecule has 1 aliphatic heterocycles. The normalized spacial score (nSPS) is 14.7. The van der Waals surface area contributed by atoms with Crippen molar-refractivity contribution in [2.24, 2.45) is 5.73 Å². The summed E-state index contributed by atoms with van der Waals surface area (Å²) in [4.78, 5) is 22.7. The van der Waals surface area contributed by atoms with Crippen LogP contribution in [0.1, 0.15) is 27.4 Å². The van der Waals surface area contributed by atoms with Crippen LogP contribution in [-0.2, 0) is 0 Å². The van der Waals surface area contributed by atoms with Crippen molar-refractivity contribution in [3.63, 3.8) is 0 Å². The summed E-state index contributed by atoms with van der Waals surface area (Å²) < 4.78 is 11.9. The summed E-state index contributed by atoms with van der Waals surface area (Å²) in [5.74, 6) is -0.611. The van der Waals surface area contributed by atoms with Crippen LogP contribution in [0.15, 0.2) is 82.7 Å². The third-order valence-electron chi connectivity index (χ3n) is 4.93. The van der Waals surface area contributed by atoms with Gasteiger partial charge in [-0.3, -0.25) is 10.1 Å². The summed E-state index contributed by atoms with van der Waals surface area (Å²) in [5, 5.41) is 20.4. The second-order valence-electron chi connectivity index (χ2n) is 6.84. The molecule has 9 heteroatoms. The molecule has 0 radical (unpaired) electrons. The Morgan fingerprint density at radius 2 is 1.84 bits per heavy atom. The summed E-state index contributed by atoms with van der Waals surface area (Å²) in [5.41, 5.74) is 7.86. The standard InChI is InChI=1S/C23H14BrN3O5/c24-19-4-2-1-3-16(19)21-17-10-9-15(11-20(17)32-22(26)18(21)12-25)31-23(28)13-5-7-14(8-6-13)27(29)30/h1-11,21H,26H2. The molecule has 0 spiro atoms. The number of hydrogen-bond acceptors (Lipinski definition) is 7. The second-order valence-corrected chi connectivity index (χ2v) is 7.69. The summed E-state index contributed by atoms with van der Waals surface area (Å²) in [6.45, 7) is 0. The number of halogens is 1. The summed E-state index contributed by atoms with van der Waals surface area (Å²) in [6.07, 6.45) is 0. The van der Waals surface area contributed by atoms with Gasteiger partial charge in [0.15, 0.2) is 0 Å². The van der Waals surface area contributed by atoms with Crippen molar-refractivity contribution in [1.82, 2.24) is 0 Å². The minimum Gasteiger partial charge on any atom is -0.440 e. The van der Waals surface area contributed by atoms with Crippen LogP contribution in [0.2, 0.25) is 0 Å². The van der Waals surface area contributed by atoms with Gasteiger partial charge < -0.3 is 15.2 Å². The molecule has 1 atom stereocenters. The zero-order valence-electron chi connectivity index (χ0n) is 16.3. The zero-order valence-corrected chi connectivity index (χ0v) is 17.9. The molecule has 0 saturated heterocycles. The van der Waals surface area contributed by atoms with E-state index in [0.717, 1.165) is 10.0 Å². The van der Waals surface area contributed by atoms with Crippen molar-refractivity contribution in [3.05, 3.63) is 109 Å². The quantitative estimate of drug-likeness (QED) is 0.240. The Bertz CT molecular complexity index is 1310. The summed E-state index contributed by atoms with van der Waals surface area (Å²) in [6, 6.07) is 19.5. The number of ether oxygens (including phenoxy) is 2. The molecule has 2 N–H and O–H groups in total. The first-order valence-corrected chi connectivity index (χ1v) is 10.1. The van der Waals surface area contributed by atoms with Crippen LogP contribution in [0, 0.1) is 21.4 Å². The van der Waals surface area contributed by atoms with E-state index in [1.54, 1.807) is 12.1 Å². The van der Waals surface area contributed by atoms with Crippen molar-refractivity contribution >= 4 is 27.6 Å². The highest BCUT2D eigenvalue weighted by Crippen LogP contribution is 2.45. The number of rotatable bonds is 4. The fourth-order valence-electron chi connectivity index (χ4n) is 3.41. The first-order valence-electron chi connectivity index (χ1n) is 9.31. The fourth-order valence-corrected chi connectivity index (χ4v) is 3.93. The molecule has 0 fully saturated rings. The third kappa shape index (κ3) is 3.91. The number of allylic oxidation sites excluding steroid dienone is 1. The van der Waals surface area contributed by atoms with Crippen molar-refractivity contribution < 1.29 is 19.2 Å². The number of fused-ring (bicyclic) bond motifs is 1. The number of nitro groups is 1. The number of hydrogen-bond donors (Lipinski definition) is 1. The highest BCUT2D eigenvalue weighted by atomic mass is 79.9. The van der Waals surface area contributed by atoms with Crippen molar-refractivity contribution in [2.45, 2.75) is 5.92 Å². The van der Waals surface area contributed by atoms with E-state index in [1.807, 2.05) is 24.3 Å². The van der Waals surface area contributed by atoms with Gasteiger partial charge in [-0.05, 0) is 29.8 Å². The Balaban J connectivity index is 1.66. The Hall–Kier alpha value is -4.16. The predicted molar refractivity (Wildman–Crippen MR) is 118 cm³/mol. The molecule has 0 amide bonds. The van der Waals surface area contributed by atoms with E-state index < -0.39 is 16.8 Å². The third-order valence-corrected chi connectivity index (χ3v) is 5.65. The Kier molecular flexibility index (Phi) is 5.62. The van der Waals surface area contributed by atoms with Crippen molar-refractivity contribution in [2.75, 3.05) is 0 Å². The molecule has 4 rings (SSSR count). The molecule has 0 bridgehead atoms. The molecular formula is C23H14BrN3O5. The minimum atomic E-state index is -0.681. The molecular weight excluding hydrogens is 478 g/mol. The lowest BCUT2D eigenvalue weighted by Gasteiger charge is -2.27. The van der Waals surface area contributed by atoms with E-state index in [1.165, 1.54) is 30.3 Å². The Morgan fingerprint density at radius 1 is 1.12 bits per heavy atom. The minimum absolute atomic E-state index is 0.0281. The largest absolute Gasteiger partial charge is 0.440 e. The lowest BCUT2D eigenvalue weighted by Crippen LogP contribution is -2.21. The maximum Gasteiger partial charge on any atom is 0.343 e. The molecule has 0 aromatic heterocycles. The Morgan fingerprint density at radius 3 is 2.50 bits per heavy atom. The van der Waals surface area contributed by atoms with Crippen molar-refractivity contribution in [1.29, 1.82) is 5.26 Å². The predicted octanol–water partition coefficient (Wildman–Crippen LogP) is 4.79. The van der Waals surface area contributed by atoms with E-state index in [9.17, 15) is 20.2 Å². The highest BCUT2D eigenvalue weighted by molar-refractivity contribution is 9.10. The van der Waals surface area contributed by atoms with Gasteiger partial charge in [-0.1, -0.05) is 40.2 Å². The molecule has 1 aliphatic rings. The molecule has 1 heterocycles. The summed E-state index contributed by atoms with van der Waals surface area (Å²) >= 11 is 3.52. The topological polar surface area (TPSA) is 128 Å². The number of nitriles is 1. The Labute approximate surface area is 190 Å². The van der Waals surface area contributed by atoms with Crippen LogP contribution in [0.5, 0.6) is 11.5 Å². The zero-order chi connectivity index (χ0) is 22.8. The van der Waals surface area contributed by atoms with Gasteiger partial charge in [-0.25, -0.2) is 4.79 Å². The second kappa shape index (κ2) is 8.53. The van der Waals surface area contributed by atoms with Gasteiger partial charge in [-0.15, -0.1) is 0 Å². The van der Waals surface area contributed by atoms with Crippen molar-refractivity contribution in [3.8, 4) is 17.6 Å². The average molecular weight is 492 g/mol. The van der Waals surface area contributed by atoms with Gasteiger partial charge in [0.25, 0.3) is 5.69 Å². The maximum atomic E-state index is 12.4. The number of carbonyl (C=O) groups excluding carboxylic acids is 1. The molecule has 8 nitrogen and oxygen atoms in total. The van der Waals surface area contributed by atoms with Crippen LogP contribution in [0.25, 0.3) is 0 Å². The van der Waals surface area contributed by atoms with Crippen LogP contribution in [-0.4, -0.2) is 10.9 Å². The van der Waals surface area contributed by atoms with Gasteiger partial charge in [0.2, 0.25) is 5.88 Å². The lowest BCUT2D eigenvalue weighted by molar-refractivity contribution is -0.384. The summed E-state index contributed by atoms with van der Waals surface area (Å²) in [7, 11) is 0. The molecule has 32 heavy (non-hydrogen) atoms. The number of benzene rings is 3. The van der Waals surface area contributed by atoms with E-state index in [4.69, 9.17) is 15.2 Å². The highest BCUT2D eigenvalue weighted by Gasteiger charge is 2.32. The number of nitrogens with two attached hydrogens (primary N) is 1. The van der Waals surface area contributed by atoms with E-state index >= 15 is 0 Å². The van der Waals surface area contributed by atoms with Crippen LogP contribution in [0.3, 0.4) is 0 Å². The number of nitro benzene ring substituents is 1. The number of esters is 1. The molecule has 158 valence electrons. The van der Waals surface area contributed by atoms with Gasteiger partial charge >= 0.3 is 5.97 Å². The van der Waals surface area contributed by atoms with Gasteiger partial charge in [0.05, 0.1) is 16.4 Å². The SMILES string of the molecule is N#CC1=C(N)Oc2cc(OC(=O)c3ccc([N+](=O)[O-])cc3)ccc2C1c1ccccc1Br. The first kappa shape index (κ1) is 21.1. The number of non-ortho nitro benzene ring substituents is 1. The van der Waals surface area contributed by atoms with Crippen LogP contribution < -0.4 is 15.2 Å². The van der Waals surface area contributed by atoms with Crippen LogP contribution in [0.4, 0.5) is 5.69 Å². The average Bonchev–Trinajstić information content (AvgIpc) is 2.78. The monoisotopic (exact) mass is 491 g/mol. The number of carbonyl (C=O) groups is 1. The molecule has 1 unspecified atom stereocenters. The van der Waals surface area contributed by atoms with Crippen LogP contribution >= 0.6 is 15.9 Å². The number of nitrogens with zero attached hydrogens (tertiary/aromatic N) is 2. The van der Waals surface area contributed by atoms with E-state index in [-0.39, 0.29) is 28.5 Å². The van der Waals surface area contributed by atoms with Gasteiger partial charge in [0, 0.05) is 28.2 Å². The van der Waals surface area contributed by atoms with E-state index in [0.29, 0.717) is 11.3 Å². The maximum absolute atomic E-state index is 12.4. The lowest BCUT2D eigenvalue weighted by atomic mass is 9.83. The molecule has 3 aromatic carbocycles. The van der Waals surface area contributed by atoms with Gasteiger partial charge in [-0.2, -0.15) is 5.26 Å². The molecule has 0 saturated carbocycles. The first-order chi connectivity index (χ1) is 15.4. The molecule has 3 aromatic rings. The molecule has 0 aliphatic carbocycles.